The molecule has 0 aliphatic carbocycles. The summed E-state index contributed by atoms with van der Waals surface area (Å²) in [6.07, 6.45) is 1.32. The molecule has 0 spiro atoms. The Hall–Kier alpha value is -1.83. The number of amides is 1. The molecule has 8 heteroatoms. The van der Waals surface area contributed by atoms with Gasteiger partial charge >= 0.3 is 5.97 Å². The molecule has 0 bridgehead atoms. The van der Waals surface area contributed by atoms with Crippen molar-refractivity contribution >= 4 is 29.5 Å². The van der Waals surface area contributed by atoms with Crippen molar-refractivity contribution in [3.05, 3.63) is 15.9 Å². The zero-order valence-electron chi connectivity index (χ0n) is 8.81. The Balaban J connectivity index is 2.50. The Morgan fingerprint density at radius 2 is 2.24 bits per heavy atom. The summed E-state index contributed by atoms with van der Waals surface area (Å²) in [6, 6.07) is 0. The molecule has 0 fully saturated rings. The van der Waals surface area contributed by atoms with Gasteiger partial charge in [-0.3, -0.25) is 14.4 Å². The maximum Gasteiger partial charge on any atom is 0.304 e. The minimum atomic E-state index is -1.13. The van der Waals surface area contributed by atoms with Crippen molar-refractivity contribution in [3.63, 3.8) is 0 Å². The van der Waals surface area contributed by atoms with Crippen molar-refractivity contribution in [2.75, 3.05) is 11.6 Å². The van der Waals surface area contributed by atoms with Crippen LogP contribution in [0.15, 0.2) is 9.95 Å². The summed E-state index contributed by atoms with van der Waals surface area (Å²) in [7, 11) is 0. The van der Waals surface area contributed by atoms with Crippen molar-refractivity contribution in [1.82, 2.24) is 9.97 Å². The number of thioether (sulfide) groups is 1. The number of aromatic nitrogens is 2. The van der Waals surface area contributed by atoms with Gasteiger partial charge in [-0.1, -0.05) is 11.8 Å². The van der Waals surface area contributed by atoms with Crippen LogP contribution in [0.2, 0.25) is 0 Å². The number of nitrogens with one attached hydrogen (secondary N) is 2. The Labute approximate surface area is 99.6 Å². The second-order valence-corrected chi connectivity index (χ2v) is 4.27. The molecule has 1 amide bonds. The number of rotatable bonds is 3. The van der Waals surface area contributed by atoms with E-state index in [1.54, 1.807) is 6.26 Å². The SMILES string of the molecule is CSc1nc2c(c(=O)[nH]1)C(CC(=O)O)C(=O)N2. The Morgan fingerprint density at radius 1 is 1.53 bits per heavy atom. The summed E-state index contributed by atoms with van der Waals surface area (Å²) in [5.74, 6) is -2.44. The monoisotopic (exact) mass is 255 g/mol. The Morgan fingerprint density at radius 3 is 2.82 bits per heavy atom. The quantitative estimate of drug-likeness (QED) is 0.517. The fourth-order valence-corrected chi connectivity index (χ4v) is 2.06. The molecule has 1 aliphatic rings. The maximum absolute atomic E-state index is 11.7. The lowest BCUT2D eigenvalue weighted by Crippen LogP contribution is -2.20. The summed E-state index contributed by atoms with van der Waals surface area (Å²) in [5, 5.41) is 11.5. The van der Waals surface area contributed by atoms with Gasteiger partial charge in [-0.25, -0.2) is 4.98 Å². The van der Waals surface area contributed by atoms with Gasteiger partial charge in [0, 0.05) is 0 Å². The molecule has 90 valence electrons. The molecule has 0 saturated carbocycles. The number of aliphatic carboxylic acids is 1. The first-order chi connectivity index (χ1) is 8.02. The van der Waals surface area contributed by atoms with Gasteiger partial charge in [0.2, 0.25) is 5.91 Å². The average molecular weight is 255 g/mol. The number of carboxylic acid groups (broad SMARTS) is 1. The van der Waals surface area contributed by atoms with E-state index in [-0.39, 0.29) is 11.4 Å². The number of hydrogen-bond donors (Lipinski definition) is 3. The summed E-state index contributed by atoms with van der Waals surface area (Å²) in [4.78, 5) is 40.4. The molecule has 3 N–H and O–H groups in total. The summed E-state index contributed by atoms with van der Waals surface area (Å²) >= 11 is 1.23. The molecule has 0 saturated heterocycles. The van der Waals surface area contributed by atoms with Crippen molar-refractivity contribution in [1.29, 1.82) is 0 Å². The fraction of sp³-hybridized carbons (Fsp3) is 0.333. The number of carbonyl (C=O) groups excluding carboxylic acids is 1. The highest BCUT2D eigenvalue weighted by molar-refractivity contribution is 7.98. The molecule has 1 aromatic rings. The van der Waals surface area contributed by atoms with Crippen LogP contribution in [-0.4, -0.2) is 33.2 Å². The highest BCUT2D eigenvalue weighted by atomic mass is 32.2. The first-order valence-electron chi connectivity index (χ1n) is 4.73. The topological polar surface area (TPSA) is 112 Å². The van der Waals surface area contributed by atoms with E-state index < -0.39 is 29.8 Å². The van der Waals surface area contributed by atoms with Crippen LogP contribution in [0.5, 0.6) is 0 Å². The van der Waals surface area contributed by atoms with Crippen LogP contribution in [0.25, 0.3) is 0 Å². The van der Waals surface area contributed by atoms with Crippen molar-refractivity contribution < 1.29 is 14.7 Å². The number of fused-ring (bicyclic) bond motifs is 1. The van der Waals surface area contributed by atoms with Crippen LogP contribution in [0.4, 0.5) is 5.82 Å². The number of hydrogen-bond acceptors (Lipinski definition) is 5. The third-order valence-corrected chi connectivity index (χ3v) is 2.99. The predicted octanol–water partition coefficient (Wildman–Crippen LogP) is 0.00220. The molecule has 0 radical (unpaired) electrons. The van der Waals surface area contributed by atoms with Crippen molar-refractivity contribution in [3.8, 4) is 0 Å². The first-order valence-corrected chi connectivity index (χ1v) is 5.96. The van der Waals surface area contributed by atoms with Crippen LogP contribution in [-0.2, 0) is 9.59 Å². The van der Waals surface area contributed by atoms with Gasteiger partial charge in [-0.05, 0) is 6.26 Å². The lowest BCUT2D eigenvalue weighted by atomic mass is 10.00. The molecular weight excluding hydrogens is 246 g/mol. The third kappa shape index (κ3) is 2.03. The molecular formula is C9H9N3O4S. The van der Waals surface area contributed by atoms with E-state index in [0.717, 1.165) is 0 Å². The highest BCUT2D eigenvalue weighted by Crippen LogP contribution is 2.30. The maximum atomic E-state index is 11.7. The normalized spacial score (nSPS) is 17.7. The number of nitrogens with zero attached hydrogens (tertiary/aromatic N) is 1. The molecule has 7 nitrogen and oxygen atoms in total. The second-order valence-electron chi connectivity index (χ2n) is 3.48. The predicted molar refractivity (Wildman–Crippen MR) is 60.3 cm³/mol. The van der Waals surface area contributed by atoms with Crippen LogP contribution < -0.4 is 10.9 Å². The van der Waals surface area contributed by atoms with Gasteiger partial charge in [0.15, 0.2) is 5.16 Å². The Bertz CT molecular complexity index is 554. The van der Waals surface area contributed by atoms with Gasteiger partial charge in [0.1, 0.15) is 5.82 Å². The molecule has 17 heavy (non-hydrogen) atoms. The van der Waals surface area contributed by atoms with Crippen molar-refractivity contribution in [2.45, 2.75) is 17.5 Å². The molecule has 0 aromatic carbocycles. The average Bonchev–Trinajstić information content (AvgIpc) is 2.54. The molecule has 1 aromatic heterocycles. The Kier molecular flexibility index (Phi) is 2.88. The number of H-pyrrole nitrogens is 1. The van der Waals surface area contributed by atoms with E-state index in [1.165, 1.54) is 11.8 Å². The van der Waals surface area contributed by atoms with Crippen LogP contribution in [0.3, 0.4) is 0 Å². The molecule has 1 atom stereocenters. The standard InChI is InChI=1S/C9H9N3O4S/c1-17-9-11-6-5(8(16)12-9)3(2-4(13)14)7(15)10-6/h3H,2H2,1H3,(H,13,14)(H2,10,11,12,15,16). The number of carboxylic acids is 1. The van der Waals surface area contributed by atoms with E-state index in [9.17, 15) is 14.4 Å². The minimum Gasteiger partial charge on any atom is -0.481 e. The van der Waals surface area contributed by atoms with Crippen LogP contribution >= 0.6 is 11.8 Å². The molecule has 1 unspecified atom stereocenters. The van der Waals surface area contributed by atoms with Crippen molar-refractivity contribution in [2.24, 2.45) is 0 Å². The largest absolute Gasteiger partial charge is 0.481 e. The lowest BCUT2D eigenvalue weighted by Gasteiger charge is -2.03. The van der Waals surface area contributed by atoms with Gasteiger partial charge in [-0.15, -0.1) is 0 Å². The zero-order valence-corrected chi connectivity index (χ0v) is 9.63. The summed E-state index contributed by atoms with van der Waals surface area (Å²) in [6.45, 7) is 0. The number of anilines is 1. The molecule has 2 heterocycles. The number of carbonyl (C=O) groups is 2. The minimum absolute atomic E-state index is 0.107. The van der Waals surface area contributed by atoms with E-state index in [0.29, 0.717) is 5.16 Å². The zero-order chi connectivity index (χ0) is 12.6. The van der Waals surface area contributed by atoms with E-state index >= 15 is 0 Å². The van der Waals surface area contributed by atoms with Gasteiger partial charge < -0.3 is 15.4 Å². The summed E-state index contributed by atoms with van der Waals surface area (Å²) in [5.41, 5.74) is -0.362. The van der Waals surface area contributed by atoms with E-state index in [1.807, 2.05) is 0 Å². The van der Waals surface area contributed by atoms with E-state index in [2.05, 4.69) is 15.3 Å². The van der Waals surface area contributed by atoms with Gasteiger partial charge in [-0.2, -0.15) is 0 Å². The van der Waals surface area contributed by atoms with Crippen LogP contribution in [0.1, 0.15) is 17.9 Å². The fourth-order valence-electron chi connectivity index (χ4n) is 1.68. The lowest BCUT2D eigenvalue weighted by molar-refractivity contribution is -0.138. The van der Waals surface area contributed by atoms with Crippen LogP contribution in [0, 0.1) is 0 Å². The summed E-state index contributed by atoms with van der Waals surface area (Å²) < 4.78 is 0. The number of aromatic amines is 1. The molecule has 1 aliphatic heterocycles. The van der Waals surface area contributed by atoms with E-state index in [4.69, 9.17) is 5.11 Å². The first kappa shape index (κ1) is 11.6. The third-order valence-electron chi connectivity index (χ3n) is 2.41. The van der Waals surface area contributed by atoms with Gasteiger partial charge in [0.25, 0.3) is 5.56 Å². The van der Waals surface area contributed by atoms with Gasteiger partial charge in [0.05, 0.1) is 17.9 Å². The highest BCUT2D eigenvalue weighted by Gasteiger charge is 2.36. The molecule has 2 rings (SSSR count). The second kappa shape index (κ2) is 4.21. The smallest absolute Gasteiger partial charge is 0.304 e.